The molecule has 184 valence electrons. The fraction of sp³-hybridized carbons (Fsp3) is 0.833. The van der Waals surface area contributed by atoms with E-state index >= 15 is 0 Å². The molecule has 0 radical (unpaired) electrons. The van der Waals surface area contributed by atoms with Gasteiger partial charge < -0.3 is 20.4 Å². The van der Waals surface area contributed by atoms with Gasteiger partial charge in [-0.25, -0.2) is 0 Å². The second-order valence-electron chi connectivity index (χ2n) is 9.42. The standard InChI is InChI=1S/C24H40O8/c1-16-14-15-17(10-6-2-3-8-12-19(21(25)26)22(27)28)18(16)11-7-4-5-9-13-20(23(29)30)24(31)32/h16-20H,2-15H2,1H3,(H,25,26)(H,27,28)(H,29,30)(H,31,32). The van der Waals surface area contributed by atoms with Crippen molar-refractivity contribution in [3.8, 4) is 0 Å². The van der Waals surface area contributed by atoms with Gasteiger partial charge in [-0.05, 0) is 43.4 Å². The Morgan fingerprint density at radius 2 is 1.03 bits per heavy atom. The fourth-order valence-electron chi connectivity index (χ4n) is 5.14. The second kappa shape index (κ2) is 14.9. The SMILES string of the molecule is CC1CCC(CCCCCCC(C(=O)O)C(=O)O)C1CCCCCCC(C(=O)O)C(=O)O. The molecule has 1 aliphatic rings. The lowest BCUT2D eigenvalue weighted by Gasteiger charge is -2.23. The molecule has 0 saturated heterocycles. The van der Waals surface area contributed by atoms with Gasteiger partial charge in [-0.1, -0.05) is 71.1 Å². The molecule has 1 saturated carbocycles. The molecule has 4 N–H and O–H groups in total. The van der Waals surface area contributed by atoms with Gasteiger partial charge in [0.2, 0.25) is 0 Å². The van der Waals surface area contributed by atoms with Crippen LogP contribution in [0.5, 0.6) is 0 Å². The predicted octanol–water partition coefficient (Wildman–Crippen LogP) is 4.90. The van der Waals surface area contributed by atoms with Crippen molar-refractivity contribution >= 4 is 23.9 Å². The summed E-state index contributed by atoms with van der Waals surface area (Å²) in [6.45, 7) is 2.31. The van der Waals surface area contributed by atoms with E-state index in [2.05, 4.69) is 6.92 Å². The smallest absolute Gasteiger partial charge is 0.317 e. The summed E-state index contributed by atoms with van der Waals surface area (Å²) in [5.41, 5.74) is 0. The first-order valence-electron chi connectivity index (χ1n) is 12.1. The van der Waals surface area contributed by atoms with Crippen LogP contribution in [0.2, 0.25) is 0 Å². The van der Waals surface area contributed by atoms with Gasteiger partial charge >= 0.3 is 23.9 Å². The van der Waals surface area contributed by atoms with Gasteiger partial charge in [0, 0.05) is 0 Å². The zero-order chi connectivity index (χ0) is 24.1. The third-order valence-electron chi connectivity index (χ3n) is 7.12. The minimum Gasteiger partial charge on any atom is -0.481 e. The molecule has 0 heterocycles. The number of rotatable bonds is 18. The Bertz CT molecular complexity index is 589. The average Bonchev–Trinajstić information content (AvgIpc) is 3.04. The van der Waals surface area contributed by atoms with E-state index in [0.717, 1.165) is 51.4 Å². The number of carboxylic acids is 4. The summed E-state index contributed by atoms with van der Waals surface area (Å²) < 4.78 is 0. The topological polar surface area (TPSA) is 149 Å². The summed E-state index contributed by atoms with van der Waals surface area (Å²) in [6, 6.07) is 0. The monoisotopic (exact) mass is 456 g/mol. The van der Waals surface area contributed by atoms with Crippen LogP contribution < -0.4 is 0 Å². The van der Waals surface area contributed by atoms with E-state index in [-0.39, 0.29) is 12.8 Å². The van der Waals surface area contributed by atoms with Gasteiger partial charge in [-0.2, -0.15) is 0 Å². The summed E-state index contributed by atoms with van der Waals surface area (Å²) in [4.78, 5) is 43.6. The number of hydrogen-bond acceptors (Lipinski definition) is 4. The van der Waals surface area contributed by atoms with Crippen LogP contribution >= 0.6 is 0 Å². The first-order chi connectivity index (χ1) is 15.1. The van der Waals surface area contributed by atoms with Gasteiger partial charge in [-0.15, -0.1) is 0 Å². The molecule has 32 heavy (non-hydrogen) atoms. The molecular weight excluding hydrogens is 416 g/mol. The highest BCUT2D eigenvalue weighted by atomic mass is 16.4. The predicted molar refractivity (Wildman–Crippen MR) is 118 cm³/mol. The van der Waals surface area contributed by atoms with Crippen molar-refractivity contribution in [2.75, 3.05) is 0 Å². The van der Waals surface area contributed by atoms with Crippen molar-refractivity contribution in [2.24, 2.45) is 29.6 Å². The molecule has 1 aliphatic carbocycles. The lowest BCUT2D eigenvalue weighted by Crippen LogP contribution is -2.23. The number of carbonyl (C=O) groups is 4. The van der Waals surface area contributed by atoms with Gasteiger partial charge in [-0.3, -0.25) is 19.2 Å². The molecule has 0 aliphatic heterocycles. The largest absolute Gasteiger partial charge is 0.481 e. The Balaban J connectivity index is 2.20. The van der Waals surface area contributed by atoms with Crippen molar-refractivity contribution < 1.29 is 39.6 Å². The third-order valence-corrected chi connectivity index (χ3v) is 7.12. The Morgan fingerprint density at radius 3 is 1.47 bits per heavy atom. The summed E-state index contributed by atoms with van der Waals surface area (Å²) in [5.74, 6) is -5.53. The lowest BCUT2D eigenvalue weighted by atomic mass is 9.83. The van der Waals surface area contributed by atoms with E-state index in [1.807, 2.05) is 0 Å². The van der Waals surface area contributed by atoms with Gasteiger partial charge in [0.25, 0.3) is 0 Å². The van der Waals surface area contributed by atoms with Crippen molar-refractivity contribution in [3.05, 3.63) is 0 Å². The molecular formula is C24H40O8. The Kier molecular flexibility index (Phi) is 13.0. The average molecular weight is 457 g/mol. The molecule has 8 nitrogen and oxygen atoms in total. The van der Waals surface area contributed by atoms with E-state index in [1.54, 1.807) is 0 Å². The first kappa shape index (κ1) is 27.9. The zero-order valence-corrected chi connectivity index (χ0v) is 19.2. The normalized spacial score (nSPS) is 20.7. The summed E-state index contributed by atoms with van der Waals surface area (Å²) in [6.07, 6.45) is 12.3. The van der Waals surface area contributed by atoms with Crippen LogP contribution in [0.1, 0.15) is 96.8 Å². The van der Waals surface area contributed by atoms with E-state index < -0.39 is 35.7 Å². The maximum atomic E-state index is 10.9. The molecule has 0 bridgehead atoms. The van der Waals surface area contributed by atoms with Gasteiger partial charge in [0.15, 0.2) is 11.8 Å². The summed E-state index contributed by atoms with van der Waals surface area (Å²) in [5, 5.41) is 35.6. The van der Waals surface area contributed by atoms with E-state index in [9.17, 15) is 19.2 Å². The minimum atomic E-state index is -1.30. The Labute approximate surface area is 190 Å². The fourth-order valence-corrected chi connectivity index (χ4v) is 5.14. The van der Waals surface area contributed by atoms with Crippen molar-refractivity contribution in [1.29, 1.82) is 0 Å². The molecule has 3 unspecified atom stereocenters. The van der Waals surface area contributed by atoms with Gasteiger partial charge in [0.05, 0.1) is 0 Å². The van der Waals surface area contributed by atoms with E-state index in [1.165, 1.54) is 12.8 Å². The molecule has 0 aromatic carbocycles. The van der Waals surface area contributed by atoms with Gasteiger partial charge in [0.1, 0.15) is 0 Å². The molecule has 3 atom stereocenters. The van der Waals surface area contributed by atoms with Crippen LogP contribution in [-0.2, 0) is 19.2 Å². The highest BCUT2D eigenvalue weighted by Gasteiger charge is 2.32. The van der Waals surface area contributed by atoms with Crippen LogP contribution in [0.4, 0.5) is 0 Å². The molecule has 0 spiro atoms. The Hall–Kier alpha value is -2.12. The number of hydrogen-bond donors (Lipinski definition) is 4. The number of carboxylic acid groups (broad SMARTS) is 4. The highest BCUT2D eigenvalue weighted by Crippen LogP contribution is 2.42. The van der Waals surface area contributed by atoms with Crippen molar-refractivity contribution in [1.82, 2.24) is 0 Å². The lowest BCUT2D eigenvalue weighted by molar-refractivity contribution is -0.156. The molecule has 1 rings (SSSR count). The molecule has 1 fully saturated rings. The minimum absolute atomic E-state index is 0.187. The zero-order valence-electron chi connectivity index (χ0n) is 19.2. The van der Waals surface area contributed by atoms with Crippen LogP contribution in [0.25, 0.3) is 0 Å². The van der Waals surface area contributed by atoms with Crippen molar-refractivity contribution in [2.45, 2.75) is 96.8 Å². The molecule has 0 amide bonds. The molecule has 8 heteroatoms. The van der Waals surface area contributed by atoms with E-state index in [4.69, 9.17) is 20.4 Å². The Morgan fingerprint density at radius 1 is 0.625 bits per heavy atom. The number of aliphatic carboxylic acids is 4. The maximum absolute atomic E-state index is 10.9. The van der Waals surface area contributed by atoms with Crippen molar-refractivity contribution in [3.63, 3.8) is 0 Å². The molecule has 0 aromatic heterocycles. The summed E-state index contributed by atoms with van der Waals surface area (Å²) >= 11 is 0. The van der Waals surface area contributed by atoms with Crippen LogP contribution in [-0.4, -0.2) is 44.3 Å². The van der Waals surface area contributed by atoms with E-state index in [0.29, 0.717) is 30.6 Å². The van der Waals surface area contributed by atoms with Crippen LogP contribution in [0.15, 0.2) is 0 Å². The van der Waals surface area contributed by atoms with Crippen LogP contribution in [0.3, 0.4) is 0 Å². The molecule has 0 aromatic rings. The van der Waals surface area contributed by atoms with Crippen LogP contribution in [0, 0.1) is 29.6 Å². The number of unbranched alkanes of at least 4 members (excludes halogenated alkanes) is 6. The third kappa shape index (κ3) is 10.0. The second-order valence-corrected chi connectivity index (χ2v) is 9.42. The quantitative estimate of drug-likeness (QED) is 0.168. The summed E-state index contributed by atoms with van der Waals surface area (Å²) in [7, 11) is 0. The highest BCUT2D eigenvalue weighted by molar-refractivity contribution is 5.93. The first-order valence-corrected chi connectivity index (χ1v) is 12.1. The maximum Gasteiger partial charge on any atom is 0.317 e.